The topological polar surface area (TPSA) is 127 Å². The maximum atomic E-state index is 14.4. The van der Waals surface area contributed by atoms with E-state index >= 15 is 0 Å². The fourth-order valence-corrected chi connectivity index (χ4v) is 9.42. The lowest BCUT2D eigenvalue weighted by molar-refractivity contribution is -0.152. The zero-order valence-corrected chi connectivity index (χ0v) is 23.8. The van der Waals surface area contributed by atoms with Crippen LogP contribution in [0.4, 0.5) is 0 Å². The van der Waals surface area contributed by atoms with Crippen molar-refractivity contribution in [2.24, 2.45) is 52.8 Å². The number of aliphatic carboxylic acids is 2. The van der Waals surface area contributed by atoms with Crippen LogP contribution in [-0.4, -0.2) is 34.1 Å². The van der Waals surface area contributed by atoms with Gasteiger partial charge >= 0.3 is 23.9 Å². The highest BCUT2D eigenvalue weighted by Crippen LogP contribution is 2.76. The van der Waals surface area contributed by atoms with E-state index in [2.05, 4.69) is 20.8 Å². The molecule has 0 aromatic heterocycles. The first-order valence-corrected chi connectivity index (χ1v) is 14.7. The predicted molar refractivity (Wildman–Crippen MR) is 155 cm³/mol. The maximum absolute atomic E-state index is 14.4. The average Bonchev–Trinajstić information content (AvgIpc) is 3.69. The molecule has 3 aromatic rings. The molecule has 2 N–H and O–H groups in total. The molecule has 3 aromatic carbocycles. The van der Waals surface area contributed by atoms with Crippen molar-refractivity contribution in [2.75, 3.05) is 0 Å². The van der Waals surface area contributed by atoms with E-state index < -0.39 is 76.6 Å². The third-order valence-electron chi connectivity index (χ3n) is 11.0. The van der Waals surface area contributed by atoms with E-state index in [4.69, 9.17) is 9.47 Å². The second-order valence-corrected chi connectivity index (χ2v) is 13.7. The number of esters is 2. The lowest BCUT2D eigenvalue weighted by Gasteiger charge is -2.37. The highest BCUT2D eigenvalue weighted by atomic mass is 16.5. The van der Waals surface area contributed by atoms with Crippen LogP contribution >= 0.6 is 0 Å². The van der Waals surface area contributed by atoms with Crippen LogP contribution in [0.2, 0.25) is 0 Å². The third kappa shape index (κ3) is 3.11. The summed E-state index contributed by atoms with van der Waals surface area (Å²) in [5.74, 6) is -9.87. The zero-order valence-electron chi connectivity index (χ0n) is 23.8. The SMILES string of the molecule is CC(C)(C)c1ccc2c3c4ccccc4c(c2c1)OC(=O)C1C(C(=O)O)C2C=CC1C21C2C=CC1C(C(=O)O3)C2C(=O)O. The van der Waals surface area contributed by atoms with Crippen molar-refractivity contribution < 1.29 is 38.9 Å². The number of carbonyl (C=O) groups excluding carboxylic acids is 2. The summed E-state index contributed by atoms with van der Waals surface area (Å²) in [5, 5.41) is 23.2. The lowest BCUT2D eigenvalue weighted by Crippen LogP contribution is -2.38. The summed E-state index contributed by atoms with van der Waals surface area (Å²) < 4.78 is 12.6. The molecule has 1 spiro atoms. The summed E-state index contributed by atoms with van der Waals surface area (Å²) in [6.07, 6.45) is 7.33. The maximum Gasteiger partial charge on any atom is 0.315 e. The number of carboxylic acids is 2. The molecule has 43 heavy (non-hydrogen) atoms. The molecule has 4 aliphatic carbocycles. The number of hydrogen-bond donors (Lipinski definition) is 2. The second-order valence-electron chi connectivity index (χ2n) is 13.7. The standard InChI is InChI=1S/C35H30O8/c1-34(2,3)15-8-9-18-19(14-15)29-17-7-5-4-6-16(17)28(18)42-32(40)26-22-12-10-20(24(26)30(36)37)35(22)21-11-13-23(35)27(33(41)43-29)25(21)31(38)39/h4-14,20-27H,1-3H3,(H,36,37)(H,38,39). The number of carbonyl (C=O) groups is 4. The molecule has 0 amide bonds. The molecule has 218 valence electrons. The number of allylic oxidation sites excluding steroid dienone is 4. The molecular formula is C35H30O8. The Labute approximate surface area is 247 Å². The predicted octanol–water partition coefficient (Wildman–Crippen LogP) is 5.37. The summed E-state index contributed by atoms with van der Waals surface area (Å²) in [6.45, 7) is 6.19. The Hall–Kier alpha value is -4.46. The van der Waals surface area contributed by atoms with E-state index in [1.165, 1.54) is 0 Å². The van der Waals surface area contributed by atoms with E-state index in [1.54, 1.807) is 24.3 Å². The normalized spacial score (nSPS) is 35.1. The van der Waals surface area contributed by atoms with Crippen molar-refractivity contribution in [3.8, 4) is 11.5 Å². The molecule has 8 nitrogen and oxygen atoms in total. The molecule has 6 aliphatic rings. The minimum absolute atomic E-state index is 0.253. The summed E-state index contributed by atoms with van der Waals surface area (Å²) in [5.41, 5.74) is -0.232. The first-order valence-electron chi connectivity index (χ1n) is 14.7. The quantitative estimate of drug-likeness (QED) is 0.180. The molecular weight excluding hydrogens is 548 g/mol. The monoisotopic (exact) mass is 578 g/mol. The van der Waals surface area contributed by atoms with Gasteiger partial charge in [0, 0.05) is 21.5 Å². The number of benzene rings is 3. The molecule has 2 fully saturated rings. The van der Waals surface area contributed by atoms with E-state index in [0.717, 1.165) is 5.56 Å². The first kappa shape index (κ1) is 26.2. The van der Waals surface area contributed by atoms with Crippen LogP contribution in [0.15, 0.2) is 66.8 Å². The number of ether oxygens (including phenoxy) is 2. The largest absolute Gasteiger partial charge is 0.481 e. The molecule has 2 saturated carbocycles. The van der Waals surface area contributed by atoms with E-state index in [9.17, 15) is 29.4 Å². The number of hydrogen-bond acceptors (Lipinski definition) is 6. The van der Waals surface area contributed by atoms with Gasteiger partial charge in [-0.2, -0.15) is 0 Å². The zero-order chi connectivity index (χ0) is 30.2. The van der Waals surface area contributed by atoms with Crippen molar-refractivity contribution in [1.29, 1.82) is 0 Å². The van der Waals surface area contributed by atoms with Crippen LogP contribution in [0.25, 0.3) is 21.5 Å². The van der Waals surface area contributed by atoms with Gasteiger partial charge < -0.3 is 19.7 Å². The Balaban J connectivity index is 1.46. The van der Waals surface area contributed by atoms with Gasteiger partial charge in [0.05, 0.1) is 23.7 Å². The fraction of sp³-hybridized carbons (Fsp3) is 0.371. The van der Waals surface area contributed by atoms with Crippen molar-refractivity contribution in [3.63, 3.8) is 0 Å². The van der Waals surface area contributed by atoms with Gasteiger partial charge in [0.1, 0.15) is 11.5 Å². The first-order chi connectivity index (χ1) is 20.5. The van der Waals surface area contributed by atoms with Crippen LogP contribution in [0.3, 0.4) is 0 Å². The van der Waals surface area contributed by atoms with E-state index in [1.807, 2.05) is 42.5 Å². The van der Waals surface area contributed by atoms with Gasteiger partial charge in [0.25, 0.3) is 0 Å². The van der Waals surface area contributed by atoms with E-state index in [-0.39, 0.29) is 11.2 Å². The highest BCUT2D eigenvalue weighted by molar-refractivity contribution is 6.13. The van der Waals surface area contributed by atoms with Crippen molar-refractivity contribution >= 4 is 45.4 Å². The van der Waals surface area contributed by atoms with Crippen molar-refractivity contribution in [3.05, 3.63) is 72.3 Å². The molecule has 9 unspecified atom stereocenters. The van der Waals surface area contributed by atoms with Gasteiger partial charge in [-0.3, -0.25) is 19.2 Å². The Morgan fingerprint density at radius 2 is 1.12 bits per heavy atom. The van der Waals surface area contributed by atoms with Crippen molar-refractivity contribution in [1.82, 2.24) is 0 Å². The summed E-state index contributed by atoms with van der Waals surface area (Å²) in [7, 11) is 0. The molecule has 0 radical (unpaired) electrons. The summed E-state index contributed by atoms with van der Waals surface area (Å²) >= 11 is 0. The molecule has 8 heteroatoms. The van der Waals surface area contributed by atoms with Gasteiger partial charge in [-0.1, -0.05) is 81.5 Å². The van der Waals surface area contributed by atoms with Gasteiger partial charge in [0.2, 0.25) is 0 Å². The molecule has 9 atom stereocenters. The molecule has 2 heterocycles. The van der Waals surface area contributed by atoms with Gasteiger partial charge in [-0.25, -0.2) is 0 Å². The number of fused-ring (bicyclic) bond motifs is 2. The van der Waals surface area contributed by atoms with Gasteiger partial charge in [0.15, 0.2) is 0 Å². The van der Waals surface area contributed by atoms with Crippen LogP contribution in [0.1, 0.15) is 26.3 Å². The Kier molecular flexibility index (Phi) is 5.08. The smallest absolute Gasteiger partial charge is 0.315 e. The minimum Gasteiger partial charge on any atom is -0.481 e. The lowest BCUT2D eigenvalue weighted by atomic mass is 9.65. The van der Waals surface area contributed by atoms with E-state index in [0.29, 0.717) is 27.3 Å². The Morgan fingerprint density at radius 1 is 0.674 bits per heavy atom. The van der Waals surface area contributed by atoms with Gasteiger partial charge in [-0.05, 0) is 46.1 Å². The molecule has 0 saturated heterocycles. The highest BCUT2D eigenvalue weighted by Gasteiger charge is 2.78. The second kappa shape index (κ2) is 8.34. The number of rotatable bonds is 2. The Morgan fingerprint density at radius 3 is 1.58 bits per heavy atom. The Bertz CT molecular complexity index is 1880. The summed E-state index contributed by atoms with van der Waals surface area (Å²) in [6, 6.07) is 12.9. The summed E-state index contributed by atoms with van der Waals surface area (Å²) in [4.78, 5) is 54.4. The fourth-order valence-electron chi connectivity index (χ4n) is 9.42. The van der Waals surface area contributed by atoms with Crippen LogP contribution < -0.4 is 9.47 Å². The molecule has 9 bridgehead atoms. The minimum atomic E-state index is -1.14. The molecule has 2 aliphatic heterocycles. The van der Waals surface area contributed by atoms with Crippen molar-refractivity contribution in [2.45, 2.75) is 26.2 Å². The molecule has 9 rings (SSSR count). The van der Waals surface area contributed by atoms with Crippen LogP contribution in [0.5, 0.6) is 11.5 Å². The van der Waals surface area contributed by atoms with Gasteiger partial charge in [-0.15, -0.1) is 0 Å². The third-order valence-corrected chi connectivity index (χ3v) is 11.0. The van der Waals surface area contributed by atoms with Crippen LogP contribution in [0, 0.1) is 52.8 Å². The van der Waals surface area contributed by atoms with Crippen LogP contribution in [-0.2, 0) is 24.6 Å². The average molecular weight is 579 g/mol. The number of carboxylic acid groups (broad SMARTS) is 2.